The van der Waals surface area contributed by atoms with E-state index in [4.69, 9.17) is 9.16 Å². The number of hydrogen-bond acceptors (Lipinski definition) is 5. The first-order valence-electron chi connectivity index (χ1n) is 11.9. The molecule has 0 unspecified atom stereocenters. The van der Waals surface area contributed by atoms with Gasteiger partial charge in [-0.3, -0.25) is 9.59 Å². The van der Waals surface area contributed by atoms with Crippen LogP contribution in [-0.2, 0) is 25.3 Å². The summed E-state index contributed by atoms with van der Waals surface area (Å²) in [4.78, 5) is 29.9. The van der Waals surface area contributed by atoms with Gasteiger partial charge in [0.15, 0.2) is 14.1 Å². The summed E-state index contributed by atoms with van der Waals surface area (Å²) in [7, 11) is -1.99. The Morgan fingerprint density at radius 1 is 1.06 bits per heavy atom. The molecule has 0 saturated carbocycles. The van der Waals surface area contributed by atoms with Gasteiger partial charge in [-0.1, -0.05) is 69.3 Å². The summed E-state index contributed by atoms with van der Waals surface area (Å²) in [6, 6.07) is 19.7. The SMILES string of the molecule is CC(C)(C)[Si](C)(C)OC[C@@H]1C[C@@H](Sc2ccccc2)[C@@]2(O1)C(=O)CN(Cc1ccccc1)C2=O. The lowest BCUT2D eigenvalue weighted by Gasteiger charge is -2.37. The van der Waals surface area contributed by atoms with Gasteiger partial charge < -0.3 is 14.1 Å². The second-order valence-corrected chi connectivity index (χ2v) is 16.9. The van der Waals surface area contributed by atoms with E-state index in [0.29, 0.717) is 19.6 Å². The van der Waals surface area contributed by atoms with Crippen LogP contribution in [-0.4, -0.2) is 55.0 Å². The van der Waals surface area contributed by atoms with Crippen molar-refractivity contribution in [2.45, 2.75) is 73.7 Å². The Balaban J connectivity index is 1.58. The van der Waals surface area contributed by atoms with Gasteiger partial charge in [0, 0.05) is 11.4 Å². The Kier molecular flexibility index (Phi) is 7.11. The minimum Gasteiger partial charge on any atom is -0.414 e. The van der Waals surface area contributed by atoms with Crippen LogP contribution in [0.15, 0.2) is 65.6 Å². The highest BCUT2D eigenvalue weighted by molar-refractivity contribution is 8.00. The molecule has 0 aromatic heterocycles. The average Bonchev–Trinajstić information content (AvgIpc) is 3.27. The maximum atomic E-state index is 13.8. The maximum Gasteiger partial charge on any atom is 0.264 e. The molecule has 2 heterocycles. The van der Waals surface area contributed by atoms with Crippen molar-refractivity contribution in [1.82, 2.24) is 4.90 Å². The van der Waals surface area contributed by atoms with E-state index in [9.17, 15) is 9.59 Å². The predicted octanol–water partition coefficient (Wildman–Crippen LogP) is 5.31. The van der Waals surface area contributed by atoms with E-state index in [-0.39, 0.29) is 34.6 Å². The zero-order valence-corrected chi connectivity index (χ0v) is 22.6. The molecule has 0 radical (unpaired) electrons. The molecule has 7 heteroatoms. The maximum absolute atomic E-state index is 13.8. The monoisotopic (exact) mass is 497 g/mol. The molecule has 182 valence electrons. The van der Waals surface area contributed by atoms with E-state index in [1.165, 1.54) is 0 Å². The third-order valence-electron chi connectivity index (χ3n) is 7.31. The smallest absolute Gasteiger partial charge is 0.264 e. The van der Waals surface area contributed by atoms with Crippen LogP contribution in [0.5, 0.6) is 0 Å². The van der Waals surface area contributed by atoms with E-state index >= 15 is 0 Å². The molecule has 2 aromatic carbocycles. The van der Waals surface area contributed by atoms with Crippen LogP contribution in [0.1, 0.15) is 32.8 Å². The molecule has 5 nitrogen and oxygen atoms in total. The number of amides is 1. The van der Waals surface area contributed by atoms with Crippen LogP contribution >= 0.6 is 11.8 Å². The normalized spacial score (nSPS) is 25.5. The fourth-order valence-corrected chi connectivity index (χ4v) is 6.73. The van der Waals surface area contributed by atoms with Crippen molar-refractivity contribution < 1.29 is 18.8 Å². The van der Waals surface area contributed by atoms with Crippen LogP contribution < -0.4 is 0 Å². The van der Waals surface area contributed by atoms with Gasteiger partial charge in [0.2, 0.25) is 5.60 Å². The summed E-state index contributed by atoms with van der Waals surface area (Å²) in [6.45, 7) is 11.9. The van der Waals surface area contributed by atoms with Gasteiger partial charge >= 0.3 is 0 Å². The number of benzene rings is 2. The number of carbonyl (C=O) groups excluding carboxylic acids is 2. The van der Waals surface area contributed by atoms with Crippen LogP contribution in [0.25, 0.3) is 0 Å². The van der Waals surface area contributed by atoms with Gasteiger partial charge in [0.1, 0.15) is 0 Å². The summed E-state index contributed by atoms with van der Waals surface area (Å²) in [5.74, 6) is -0.360. The van der Waals surface area contributed by atoms with Crippen molar-refractivity contribution in [3.05, 3.63) is 66.2 Å². The van der Waals surface area contributed by atoms with Crippen molar-refractivity contribution >= 4 is 31.8 Å². The number of ether oxygens (including phenoxy) is 1. The van der Waals surface area contributed by atoms with Gasteiger partial charge in [0.05, 0.1) is 24.5 Å². The number of nitrogens with zero attached hydrogens (tertiary/aromatic N) is 1. The van der Waals surface area contributed by atoms with Gasteiger partial charge in [-0.15, -0.1) is 11.8 Å². The first kappa shape index (κ1) is 25.2. The minimum absolute atomic E-state index is 0.0764. The number of carbonyl (C=O) groups is 2. The van der Waals surface area contributed by atoms with Crippen LogP contribution in [0, 0.1) is 0 Å². The third kappa shape index (κ3) is 4.89. The molecular formula is C27H35NO4SSi. The summed E-state index contributed by atoms with van der Waals surface area (Å²) in [5.41, 5.74) is -0.444. The first-order valence-corrected chi connectivity index (χ1v) is 15.7. The molecule has 34 heavy (non-hydrogen) atoms. The molecule has 3 atom stereocenters. The molecule has 2 aliphatic heterocycles. The van der Waals surface area contributed by atoms with E-state index in [0.717, 1.165) is 10.5 Å². The van der Waals surface area contributed by atoms with Crippen molar-refractivity contribution in [2.24, 2.45) is 0 Å². The van der Waals surface area contributed by atoms with Gasteiger partial charge in [0.25, 0.3) is 5.91 Å². The summed E-state index contributed by atoms with van der Waals surface area (Å²) < 4.78 is 12.9. The first-order chi connectivity index (χ1) is 16.0. The van der Waals surface area contributed by atoms with Crippen LogP contribution in [0.2, 0.25) is 18.1 Å². The van der Waals surface area contributed by atoms with Gasteiger partial charge in [-0.05, 0) is 42.2 Å². The number of likely N-dealkylation sites (tertiary alicyclic amines) is 1. The molecule has 2 saturated heterocycles. The van der Waals surface area contributed by atoms with E-state index in [2.05, 4.69) is 33.9 Å². The Morgan fingerprint density at radius 3 is 2.29 bits per heavy atom. The zero-order valence-electron chi connectivity index (χ0n) is 20.7. The highest BCUT2D eigenvalue weighted by Gasteiger charge is 2.64. The molecule has 2 aromatic rings. The second-order valence-electron chi connectivity index (χ2n) is 10.8. The Labute approximate surface area is 208 Å². The largest absolute Gasteiger partial charge is 0.414 e. The van der Waals surface area contributed by atoms with E-state index in [1.54, 1.807) is 16.7 Å². The molecule has 0 bridgehead atoms. The fourth-order valence-electron chi connectivity index (χ4n) is 4.29. The highest BCUT2D eigenvalue weighted by atomic mass is 32.2. The highest BCUT2D eigenvalue weighted by Crippen LogP contribution is 2.47. The van der Waals surface area contributed by atoms with Crippen LogP contribution in [0.3, 0.4) is 0 Å². The van der Waals surface area contributed by atoms with Gasteiger partial charge in [-0.25, -0.2) is 0 Å². The Bertz CT molecular complexity index is 1020. The van der Waals surface area contributed by atoms with Gasteiger partial charge in [-0.2, -0.15) is 0 Å². The molecule has 0 N–H and O–H groups in total. The van der Waals surface area contributed by atoms with E-state index < -0.39 is 13.9 Å². The molecule has 1 spiro atoms. The lowest BCUT2D eigenvalue weighted by molar-refractivity contribution is -0.154. The van der Waals surface area contributed by atoms with Crippen molar-refractivity contribution in [3.63, 3.8) is 0 Å². The number of Topliss-reactive ketones (excluding diaryl/α,β-unsaturated/α-hetero) is 1. The predicted molar refractivity (Wildman–Crippen MR) is 138 cm³/mol. The third-order valence-corrected chi connectivity index (χ3v) is 13.2. The molecule has 2 aliphatic rings. The zero-order chi connectivity index (χ0) is 24.6. The Morgan fingerprint density at radius 2 is 1.68 bits per heavy atom. The standard InChI is InChI=1S/C27H35NO4SSi/c1-26(2,3)34(4,5)31-19-21-16-24(33-22-14-10-7-11-15-22)27(32-21)23(29)18-28(25(27)30)17-20-12-8-6-9-13-20/h6-15,21,24H,16-19H2,1-5H3/t21-,24+,27-/m0/s1. The van der Waals surface area contributed by atoms with Crippen LogP contribution in [0.4, 0.5) is 0 Å². The quantitative estimate of drug-likeness (QED) is 0.383. The van der Waals surface area contributed by atoms with Crippen molar-refractivity contribution in [1.29, 1.82) is 0 Å². The molecule has 2 fully saturated rings. The lowest BCUT2D eigenvalue weighted by Crippen LogP contribution is -2.50. The number of thioether (sulfide) groups is 1. The fraction of sp³-hybridized carbons (Fsp3) is 0.481. The number of rotatable bonds is 7. The summed E-state index contributed by atoms with van der Waals surface area (Å²) in [6.07, 6.45) is 0.310. The summed E-state index contributed by atoms with van der Waals surface area (Å²) in [5, 5.41) is -0.212. The molecular weight excluding hydrogens is 462 g/mol. The van der Waals surface area contributed by atoms with Crippen molar-refractivity contribution in [3.8, 4) is 0 Å². The molecule has 0 aliphatic carbocycles. The Hall–Kier alpha value is -1.93. The summed E-state index contributed by atoms with van der Waals surface area (Å²) >= 11 is 1.57. The van der Waals surface area contributed by atoms with E-state index in [1.807, 2.05) is 60.7 Å². The average molecular weight is 498 g/mol. The molecule has 4 rings (SSSR count). The number of ketones is 1. The second kappa shape index (κ2) is 9.61. The molecule has 1 amide bonds. The number of hydrogen-bond donors (Lipinski definition) is 0. The van der Waals surface area contributed by atoms with Crippen molar-refractivity contribution in [2.75, 3.05) is 13.2 Å². The topological polar surface area (TPSA) is 55.8 Å². The lowest BCUT2D eigenvalue weighted by atomic mass is 9.96. The minimum atomic E-state index is -1.99.